The highest BCUT2D eigenvalue weighted by molar-refractivity contribution is 7.92. The molecule has 3 aromatic carbocycles. The van der Waals surface area contributed by atoms with E-state index in [1.807, 2.05) is 60.7 Å². The van der Waals surface area contributed by atoms with Crippen LogP contribution in [0.3, 0.4) is 0 Å². The average Bonchev–Trinajstić information content (AvgIpc) is 3.47. The molecule has 222 valence electrons. The first-order chi connectivity index (χ1) is 20.0. The Bertz CT molecular complexity index is 1510. The number of nitrogens with one attached hydrogen (secondary N) is 1. The predicted molar refractivity (Wildman–Crippen MR) is 161 cm³/mol. The summed E-state index contributed by atoms with van der Waals surface area (Å²) < 4.78 is 26.9. The van der Waals surface area contributed by atoms with Gasteiger partial charge in [0, 0.05) is 31.1 Å². The molecule has 0 spiro atoms. The number of nitro groups is 1. The van der Waals surface area contributed by atoms with Crippen LogP contribution in [0.4, 0.5) is 11.4 Å². The number of aryl methyl sites for hydroxylation is 1. The molecule has 0 aromatic heterocycles. The highest BCUT2D eigenvalue weighted by Gasteiger charge is 2.34. The molecule has 2 amide bonds. The fourth-order valence-electron chi connectivity index (χ4n) is 5.28. The van der Waals surface area contributed by atoms with Crippen molar-refractivity contribution in [2.75, 3.05) is 17.1 Å². The summed E-state index contributed by atoms with van der Waals surface area (Å²) in [6, 6.07) is 21.5. The van der Waals surface area contributed by atoms with E-state index in [1.165, 1.54) is 17.0 Å². The number of nitrogens with zero attached hydrogens (tertiary/aromatic N) is 3. The number of anilines is 1. The van der Waals surface area contributed by atoms with Gasteiger partial charge in [-0.3, -0.25) is 24.0 Å². The van der Waals surface area contributed by atoms with E-state index in [0.717, 1.165) is 53.4 Å². The zero-order chi connectivity index (χ0) is 30.3. The third kappa shape index (κ3) is 7.94. The summed E-state index contributed by atoms with van der Waals surface area (Å²) in [6.07, 6.45) is 4.95. The zero-order valence-electron chi connectivity index (χ0n) is 23.8. The molecule has 3 aromatic rings. The second-order valence-electron chi connectivity index (χ2n) is 10.7. The van der Waals surface area contributed by atoms with Gasteiger partial charge in [-0.25, -0.2) is 8.42 Å². The second-order valence-corrected chi connectivity index (χ2v) is 12.6. The first kappa shape index (κ1) is 30.7. The summed E-state index contributed by atoms with van der Waals surface area (Å²) in [6.45, 7) is 1.06. The number of sulfonamides is 1. The summed E-state index contributed by atoms with van der Waals surface area (Å²) in [5, 5.41) is 14.6. The van der Waals surface area contributed by atoms with Gasteiger partial charge in [0.25, 0.3) is 5.69 Å². The molecular weight excluding hydrogens is 556 g/mol. The summed E-state index contributed by atoms with van der Waals surface area (Å²) in [7, 11) is -4.05. The summed E-state index contributed by atoms with van der Waals surface area (Å²) in [5.74, 6) is -0.898. The van der Waals surface area contributed by atoms with Crippen molar-refractivity contribution in [1.82, 2.24) is 10.2 Å². The molecule has 11 heteroatoms. The lowest BCUT2D eigenvalue weighted by Crippen LogP contribution is -2.54. The predicted octanol–water partition coefficient (Wildman–Crippen LogP) is 4.37. The lowest BCUT2D eigenvalue weighted by molar-refractivity contribution is -0.384. The van der Waals surface area contributed by atoms with Gasteiger partial charge >= 0.3 is 0 Å². The Kier molecular flexibility index (Phi) is 9.95. The van der Waals surface area contributed by atoms with Gasteiger partial charge in [-0.1, -0.05) is 79.6 Å². The van der Waals surface area contributed by atoms with Gasteiger partial charge < -0.3 is 10.2 Å². The van der Waals surface area contributed by atoms with Crippen molar-refractivity contribution in [3.63, 3.8) is 0 Å². The number of rotatable bonds is 12. The molecule has 1 fully saturated rings. The Balaban J connectivity index is 1.74. The zero-order valence-corrected chi connectivity index (χ0v) is 24.6. The van der Waals surface area contributed by atoms with Crippen LogP contribution in [0.1, 0.15) is 42.4 Å². The molecule has 0 bridgehead atoms. The van der Waals surface area contributed by atoms with Gasteiger partial charge in [-0.2, -0.15) is 0 Å². The van der Waals surface area contributed by atoms with Crippen molar-refractivity contribution >= 4 is 33.2 Å². The summed E-state index contributed by atoms with van der Waals surface area (Å²) in [4.78, 5) is 40.3. The van der Waals surface area contributed by atoms with Crippen LogP contribution in [0, 0.1) is 17.0 Å². The van der Waals surface area contributed by atoms with Crippen LogP contribution >= 0.6 is 0 Å². The monoisotopic (exact) mass is 592 g/mol. The maximum absolute atomic E-state index is 14.2. The second kappa shape index (κ2) is 13.6. The van der Waals surface area contributed by atoms with E-state index in [-0.39, 0.29) is 36.3 Å². The van der Waals surface area contributed by atoms with Crippen molar-refractivity contribution in [2.45, 2.75) is 57.7 Å². The highest BCUT2D eigenvalue weighted by Crippen LogP contribution is 2.28. The largest absolute Gasteiger partial charge is 0.352 e. The van der Waals surface area contributed by atoms with Crippen molar-refractivity contribution in [1.29, 1.82) is 0 Å². The lowest BCUT2D eigenvalue weighted by Gasteiger charge is -2.34. The number of hydrogen-bond acceptors (Lipinski definition) is 6. The van der Waals surface area contributed by atoms with Crippen molar-refractivity contribution < 1.29 is 22.9 Å². The van der Waals surface area contributed by atoms with Crippen LogP contribution in [0.25, 0.3) is 0 Å². The molecule has 1 saturated carbocycles. The fourth-order valence-corrected chi connectivity index (χ4v) is 6.18. The Morgan fingerprint density at radius 2 is 1.57 bits per heavy atom. The maximum Gasteiger partial charge on any atom is 0.271 e. The van der Waals surface area contributed by atoms with E-state index in [9.17, 15) is 28.1 Å². The fraction of sp³-hybridized carbons (Fsp3) is 0.355. The van der Waals surface area contributed by atoms with Gasteiger partial charge in [0.1, 0.15) is 12.6 Å². The third-order valence-corrected chi connectivity index (χ3v) is 8.65. The number of benzene rings is 3. The Labute approximate surface area is 246 Å². The number of carbonyl (C=O) groups excluding carboxylic acids is 2. The lowest BCUT2D eigenvalue weighted by atomic mass is 10.0. The third-order valence-electron chi connectivity index (χ3n) is 7.52. The minimum Gasteiger partial charge on any atom is -0.352 e. The van der Waals surface area contributed by atoms with Crippen LogP contribution in [-0.4, -0.2) is 54.9 Å². The molecule has 0 saturated heterocycles. The van der Waals surface area contributed by atoms with E-state index >= 15 is 0 Å². The molecule has 1 atom stereocenters. The minimum atomic E-state index is -4.05. The first-order valence-electron chi connectivity index (χ1n) is 13.9. The molecule has 42 heavy (non-hydrogen) atoms. The van der Waals surface area contributed by atoms with Gasteiger partial charge in [-0.05, 0) is 36.5 Å². The van der Waals surface area contributed by atoms with E-state index in [2.05, 4.69) is 5.32 Å². The topological polar surface area (TPSA) is 130 Å². The molecule has 0 radical (unpaired) electrons. The number of non-ortho nitro benzene ring substituents is 1. The molecular formula is C31H36N4O6S. The Morgan fingerprint density at radius 1 is 0.976 bits per heavy atom. The quantitative estimate of drug-likeness (QED) is 0.246. The average molecular weight is 593 g/mol. The molecule has 10 nitrogen and oxygen atoms in total. The van der Waals surface area contributed by atoms with E-state index in [1.54, 1.807) is 6.92 Å². The SMILES string of the molecule is Cc1ccc([N+](=O)[O-])cc1N(CC(=O)N(Cc1ccccc1)[C@H](Cc1ccccc1)C(=O)NC1CCCC1)S(C)(=O)=O. The normalized spacial score (nSPS) is 14.2. The first-order valence-corrected chi connectivity index (χ1v) is 15.8. The van der Waals surface area contributed by atoms with Crippen molar-refractivity contribution in [2.24, 2.45) is 0 Å². The number of carbonyl (C=O) groups is 2. The van der Waals surface area contributed by atoms with Crippen LogP contribution in [0.2, 0.25) is 0 Å². The standard InChI is InChI=1S/C31H36N4O6S/c1-23-17-18-27(35(38)39)20-28(23)34(42(2,40)41)22-30(36)33(21-25-13-7-4-8-14-25)29(19-24-11-5-3-6-12-24)31(37)32-26-15-9-10-16-26/h3-8,11-14,17-18,20,26,29H,9-10,15-16,19,21-22H2,1-2H3,(H,32,37)/t29-/m1/s1. The number of hydrogen-bond donors (Lipinski definition) is 1. The van der Waals surface area contributed by atoms with Gasteiger partial charge in [0.2, 0.25) is 21.8 Å². The smallest absolute Gasteiger partial charge is 0.271 e. The summed E-state index contributed by atoms with van der Waals surface area (Å²) in [5.41, 5.74) is 1.82. The highest BCUT2D eigenvalue weighted by atomic mass is 32.2. The Hall–Kier alpha value is -4.25. The van der Waals surface area contributed by atoms with Crippen molar-refractivity contribution in [3.05, 3.63) is 106 Å². The van der Waals surface area contributed by atoms with Gasteiger partial charge in [0.15, 0.2) is 0 Å². The molecule has 1 aliphatic carbocycles. The number of amides is 2. The minimum absolute atomic E-state index is 0.0180. The Morgan fingerprint density at radius 3 is 2.14 bits per heavy atom. The molecule has 0 unspecified atom stereocenters. The number of nitro benzene ring substituents is 1. The molecule has 0 aliphatic heterocycles. The maximum atomic E-state index is 14.2. The van der Waals surface area contributed by atoms with E-state index in [4.69, 9.17) is 0 Å². The summed E-state index contributed by atoms with van der Waals surface area (Å²) >= 11 is 0. The van der Waals surface area contributed by atoms with E-state index in [0.29, 0.717) is 5.56 Å². The van der Waals surface area contributed by atoms with Crippen LogP contribution in [0.15, 0.2) is 78.9 Å². The van der Waals surface area contributed by atoms with Crippen molar-refractivity contribution in [3.8, 4) is 0 Å². The van der Waals surface area contributed by atoms with Gasteiger partial charge in [-0.15, -0.1) is 0 Å². The molecule has 1 aliphatic rings. The molecule has 1 N–H and O–H groups in total. The van der Waals surface area contributed by atoms with Crippen LogP contribution in [-0.2, 0) is 32.6 Å². The molecule has 4 rings (SSSR count). The molecule has 0 heterocycles. The van der Waals surface area contributed by atoms with Crippen LogP contribution in [0.5, 0.6) is 0 Å². The van der Waals surface area contributed by atoms with Gasteiger partial charge in [0.05, 0.1) is 16.9 Å². The van der Waals surface area contributed by atoms with Crippen LogP contribution < -0.4 is 9.62 Å². The van der Waals surface area contributed by atoms with E-state index < -0.39 is 33.4 Å².